The fourth-order valence-corrected chi connectivity index (χ4v) is 15.5. The van der Waals surface area contributed by atoms with Gasteiger partial charge >= 0.3 is 17.9 Å². The van der Waals surface area contributed by atoms with Crippen molar-refractivity contribution < 1.29 is 64.7 Å². The number of esters is 3. The van der Waals surface area contributed by atoms with E-state index < -0.39 is 51.9 Å². The number of anilines is 1. The van der Waals surface area contributed by atoms with Crippen molar-refractivity contribution in [1.29, 1.82) is 0 Å². The number of hydrogen-bond acceptors (Lipinski definition) is 11. The van der Waals surface area contributed by atoms with Crippen LogP contribution in [0, 0.1) is 11.3 Å². The van der Waals surface area contributed by atoms with E-state index in [0.717, 1.165) is 56.2 Å². The predicted molar refractivity (Wildman–Crippen MR) is 280 cm³/mol. The van der Waals surface area contributed by atoms with Crippen LogP contribution >= 0.6 is 0 Å². The third-order valence-corrected chi connectivity index (χ3v) is 18.2. The molecule has 74 heavy (non-hydrogen) atoms. The van der Waals surface area contributed by atoms with Crippen molar-refractivity contribution in [2.75, 3.05) is 72.5 Å². The smallest absolute Gasteiger partial charge is 0.344 e. The lowest BCUT2D eigenvalue weighted by atomic mass is 9.47. The molecule has 1 aliphatic carbocycles. The number of aromatic nitrogens is 1. The van der Waals surface area contributed by atoms with E-state index in [4.69, 9.17) is 18.9 Å². The van der Waals surface area contributed by atoms with Gasteiger partial charge in [0.1, 0.15) is 24.3 Å². The second kappa shape index (κ2) is 18.9. The van der Waals surface area contributed by atoms with Gasteiger partial charge in [0.25, 0.3) is 0 Å². The zero-order valence-corrected chi connectivity index (χ0v) is 45.0. The Morgan fingerprint density at radius 1 is 0.919 bits per heavy atom. The maximum atomic E-state index is 15.8. The van der Waals surface area contributed by atoms with E-state index in [-0.39, 0.29) is 34.7 Å². The predicted octanol–water partition coefficient (Wildman–Crippen LogP) is 4.75. The van der Waals surface area contributed by atoms with Crippen molar-refractivity contribution in [3.63, 3.8) is 0 Å². The number of ketones is 1. The third kappa shape index (κ3) is 7.39. The van der Waals surface area contributed by atoms with Crippen molar-refractivity contribution in [3.8, 4) is 5.75 Å². The van der Waals surface area contributed by atoms with Crippen LogP contribution < -0.4 is 26.6 Å². The standard InChI is InChI=1S/C60H67N4O9.BrH/c1-8-38-29-40-33-59(55(67)71-6,51-45(44-17-12-13-18-48(44)61-51)23-28-64(34-38,35-40)36-43(66)22-20-39-19-21-41-15-10-11-16-42(41)30-39)47-31-46-49(32-50(47)70-5)62(4)53-58(46)25-27-63-26-14-24-57(9-2,52(58)63)54(73-37(3)65)60(53,69)56(68)72-7;/h10-22,24,29-32,40,52-54,61,69H,8-9,23,25-28,33-36H2,1-7H3;1H/q+1;/p-1/b22-20+;/t40-,52+,53-,54-,57-,58-,59+,60+,64-;/m1./s1. The summed E-state index contributed by atoms with van der Waals surface area (Å²) in [7, 11) is 6.19. The fourth-order valence-electron chi connectivity index (χ4n) is 15.5. The summed E-state index contributed by atoms with van der Waals surface area (Å²) in [5.41, 5.74) is 1.20. The van der Waals surface area contributed by atoms with E-state index in [9.17, 15) is 19.5 Å². The Morgan fingerprint density at radius 3 is 2.41 bits per heavy atom. The highest BCUT2D eigenvalue weighted by atomic mass is 79.9. The van der Waals surface area contributed by atoms with Crippen LogP contribution in [0.4, 0.5) is 5.69 Å². The lowest BCUT2D eigenvalue weighted by Crippen LogP contribution is -3.00. The van der Waals surface area contributed by atoms with Crippen LogP contribution in [0.3, 0.4) is 0 Å². The molecule has 6 heterocycles. The highest BCUT2D eigenvalue weighted by Gasteiger charge is 2.80. The van der Waals surface area contributed by atoms with Crippen molar-refractivity contribution in [2.24, 2.45) is 11.3 Å². The molecule has 5 aliphatic heterocycles. The first-order valence-corrected chi connectivity index (χ1v) is 25.9. The number of ether oxygens (including phenoxy) is 4. The Bertz CT molecular complexity index is 3200. The summed E-state index contributed by atoms with van der Waals surface area (Å²) in [6, 6.07) is 25.4. The molecule has 1 saturated carbocycles. The van der Waals surface area contributed by atoms with Crippen LogP contribution in [0.5, 0.6) is 5.75 Å². The average Bonchev–Trinajstić information content (AvgIpc) is 4.06. The first-order valence-electron chi connectivity index (χ1n) is 25.9. The fraction of sp³-hybridized carbons (Fsp3) is 0.433. The number of para-hydroxylation sites is 1. The second-order valence-corrected chi connectivity index (χ2v) is 21.7. The highest BCUT2D eigenvalue weighted by molar-refractivity contribution is 5.96. The van der Waals surface area contributed by atoms with Crippen LogP contribution in [0.15, 0.2) is 109 Å². The van der Waals surface area contributed by atoms with E-state index in [0.29, 0.717) is 80.7 Å². The number of benzene rings is 4. The van der Waals surface area contributed by atoms with Crippen LogP contribution in [0.1, 0.15) is 74.4 Å². The van der Waals surface area contributed by atoms with Crippen molar-refractivity contribution in [3.05, 3.63) is 137 Å². The van der Waals surface area contributed by atoms with E-state index in [2.05, 4.69) is 71.4 Å². The molecule has 0 unspecified atom stereocenters. The number of likely N-dealkylation sites (N-methyl/N-ethyl adjacent to an activating group) is 1. The lowest BCUT2D eigenvalue weighted by molar-refractivity contribution is -0.920. The molecule has 0 amide bonds. The monoisotopic (exact) mass is 1070 g/mol. The van der Waals surface area contributed by atoms with Gasteiger partial charge in [0.15, 0.2) is 6.10 Å². The number of nitrogens with zero attached hydrogens (tertiary/aromatic N) is 3. The first kappa shape index (κ1) is 51.4. The van der Waals surface area contributed by atoms with E-state index in [1.807, 2.05) is 67.4 Å². The number of hydrogen-bond donors (Lipinski definition) is 2. The van der Waals surface area contributed by atoms with Gasteiger partial charge in [-0.3, -0.25) is 19.3 Å². The second-order valence-electron chi connectivity index (χ2n) is 21.7. The number of carbonyl (C=O) groups excluding carboxylic acids is 4. The summed E-state index contributed by atoms with van der Waals surface area (Å²) in [5.74, 6) is -1.65. The first-order chi connectivity index (χ1) is 35.2. The maximum absolute atomic E-state index is 15.8. The maximum Gasteiger partial charge on any atom is 0.344 e. The molecule has 4 aromatic carbocycles. The Kier molecular flexibility index (Phi) is 13.2. The van der Waals surface area contributed by atoms with Gasteiger partial charge in [-0.1, -0.05) is 92.7 Å². The Balaban J connectivity index is 0.00000626. The summed E-state index contributed by atoms with van der Waals surface area (Å²) in [6.07, 6.45) is 11.5. The van der Waals surface area contributed by atoms with Crippen LogP contribution in [-0.2, 0) is 50.6 Å². The summed E-state index contributed by atoms with van der Waals surface area (Å²) < 4.78 is 24.9. The zero-order valence-electron chi connectivity index (χ0n) is 43.4. The minimum atomic E-state index is -2.33. The number of fused-ring (bicyclic) bond motifs is 7. The van der Waals surface area contributed by atoms with Crippen LogP contribution in [0.2, 0.25) is 0 Å². The molecule has 11 rings (SSSR count). The van der Waals surface area contributed by atoms with Gasteiger partial charge in [0, 0.05) is 83.6 Å². The van der Waals surface area contributed by atoms with Gasteiger partial charge in [0.05, 0.1) is 40.5 Å². The quantitative estimate of drug-likeness (QED) is 0.0622. The molecule has 0 radical (unpaired) electrons. The molecule has 14 heteroatoms. The normalized spacial score (nSPS) is 30.7. The lowest BCUT2D eigenvalue weighted by Gasteiger charge is -2.63. The van der Waals surface area contributed by atoms with Gasteiger partial charge < -0.3 is 55.4 Å². The van der Waals surface area contributed by atoms with Crippen LogP contribution in [-0.4, -0.2) is 135 Å². The largest absolute Gasteiger partial charge is 1.00 e. The molecule has 2 N–H and O–H groups in total. The molecular weight excluding hydrogens is 1000 g/mol. The summed E-state index contributed by atoms with van der Waals surface area (Å²) >= 11 is 0. The van der Waals surface area contributed by atoms with E-state index in [1.54, 1.807) is 13.2 Å². The van der Waals surface area contributed by atoms with Crippen molar-refractivity contribution in [2.45, 2.75) is 87.5 Å². The SMILES string of the molecule is CCC1=C[C@@H]2C[C@](C(=O)OC)(c3cc4c(cc3OC)N(C)[C@H]3[C@@](O)(C(=O)OC)[C@H](OC(C)=O)[C@]5(CC)C=CCN6CC[C@]43[C@@H]65)c3[nH]c4ccccc4c3CC[N@@+](CC(=O)/C=C/c3ccc4ccccc4c3)(C1)C2.[Br-]. The van der Waals surface area contributed by atoms with Gasteiger partial charge in [0.2, 0.25) is 11.4 Å². The highest BCUT2D eigenvalue weighted by Crippen LogP contribution is 2.68. The Morgan fingerprint density at radius 2 is 1.68 bits per heavy atom. The topological polar surface area (TPSA) is 148 Å². The molecule has 6 aliphatic rings. The van der Waals surface area contributed by atoms with Crippen molar-refractivity contribution >= 4 is 57.1 Å². The third-order valence-electron chi connectivity index (χ3n) is 18.2. The molecule has 1 spiro atoms. The Labute approximate surface area is 443 Å². The molecule has 1 aromatic heterocycles. The van der Waals surface area contributed by atoms with Crippen LogP contribution in [0.25, 0.3) is 27.8 Å². The minimum absolute atomic E-state index is 0. The average molecular weight is 1070 g/mol. The van der Waals surface area contributed by atoms with E-state index >= 15 is 4.79 Å². The molecule has 5 aromatic rings. The Hall–Kier alpha value is -6.06. The van der Waals surface area contributed by atoms with E-state index in [1.165, 1.54) is 26.7 Å². The molecule has 2 fully saturated rings. The number of aliphatic hydroxyl groups is 1. The summed E-state index contributed by atoms with van der Waals surface area (Å²) in [5, 5.41) is 16.8. The van der Waals surface area contributed by atoms with Gasteiger partial charge in [-0.05, 0) is 89.5 Å². The molecule has 2 bridgehead atoms. The van der Waals surface area contributed by atoms with Gasteiger partial charge in [-0.25, -0.2) is 4.79 Å². The number of halogens is 1. The number of H-pyrrole nitrogens is 1. The molecular formula is C60H67BrN4O9. The van der Waals surface area contributed by atoms with Crippen molar-refractivity contribution in [1.82, 2.24) is 9.88 Å². The number of nitrogens with one attached hydrogen (secondary N) is 1. The minimum Gasteiger partial charge on any atom is -1.00 e. The summed E-state index contributed by atoms with van der Waals surface area (Å²) in [6.45, 7) is 9.05. The molecule has 388 valence electrons. The number of carbonyl (C=O) groups is 4. The van der Waals surface area contributed by atoms with Gasteiger partial charge in [-0.2, -0.15) is 0 Å². The molecule has 9 atom stereocenters. The zero-order chi connectivity index (χ0) is 51.2. The number of rotatable bonds is 11. The number of quaternary nitrogens is 1. The summed E-state index contributed by atoms with van der Waals surface area (Å²) in [4.78, 5) is 66.2. The number of methoxy groups -OCH3 is 3. The molecule has 1 saturated heterocycles. The molecule has 13 nitrogen and oxygen atoms in total. The number of aromatic amines is 1. The van der Waals surface area contributed by atoms with Gasteiger partial charge in [-0.15, -0.1) is 0 Å².